The molecule has 1 amide bonds. The normalized spacial score (nSPS) is 16.7. The third-order valence-corrected chi connectivity index (χ3v) is 6.31. The molecule has 1 N–H and O–H groups in total. The number of ketones is 1. The van der Waals surface area contributed by atoms with E-state index in [-0.39, 0.29) is 11.3 Å². The SMILES string of the molecule is COCCCN1C(=O)C(=O)C(=C(O)c2ccc(OCc3cccc(C)c3)cc2)[C@@H]1c1cccc(OC)c1. The highest BCUT2D eigenvalue weighted by Gasteiger charge is 2.45. The van der Waals surface area contributed by atoms with Crippen LogP contribution in [0.3, 0.4) is 0 Å². The molecule has 1 aliphatic rings. The monoisotopic (exact) mass is 501 g/mol. The molecule has 0 saturated carbocycles. The van der Waals surface area contributed by atoms with Gasteiger partial charge < -0.3 is 24.2 Å². The summed E-state index contributed by atoms with van der Waals surface area (Å²) in [5.74, 6) is -0.380. The molecule has 3 aromatic rings. The summed E-state index contributed by atoms with van der Waals surface area (Å²) < 4.78 is 16.4. The lowest BCUT2D eigenvalue weighted by Crippen LogP contribution is -2.31. The number of hydrogen-bond donors (Lipinski definition) is 1. The zero-order valence-electron chi connectivity index (χ0n) is 21.3. The van der Waals surface area contributed by atoms with Crippen molar-refractivity contribution in [1.29, 1.82) is 0 Å². The summed E-state index contributed by atoms with van der Waals surface area (Å²) in [6, 6.07) is 21.3. The number of amides is 1. The summed E-state index contributed by atoms with van der Waals surface area (Å²) in [5.41, 5.74) is 3.36. The zero-order chi connectivity index (χ0) is 26.4. The first kappa shape index (κ1) is 26.0. The second-order valence-electron chi connectivity index (χ2n) is 8.92. The van der Waals surface area contributed by atoms with Gasteiger partial charge in [-0.25, -0.2) is 0 Å². The van der Waals surface area contributed by atoms with Crippen LogP contribution in [0.15, 0.2) is 78.4 Å². The first-order valence-electron chi connectivity index (χ1n) is 12.1. The molecule has 0 aliphatic carbocycles. The van der Waals surface area contributed by atoms with Crippen LogP contribution in [0, 0.1) is 6.92 Å². The second-order valence-corrected chi connectivity index (χ2v) is 8.92. The van der Waals surface area contributed by atoms with Gasteiger partial charge in [-0.05, 0) is 60.9 Å². The predicted molar refractivity (Wildman–Crippen MR) is 140 cm³/mol. The molecule has 7 nitrogen and oxygen atoms in total. The van der Waals surface area contributed by atoms with Gasteiger partial charge in [0, 0.05) is 25.8 Å². The lowest BCUT2D eigenvalue weighted by molar-refractivity contribution is -0.140. The van der Waals surface area contributed by atoms with Crippen LogP contribution in [0.5, 0.6) is 11.5 Å². The maximum absolute atomic E-state index is 13.2. The van der Waals surface area contributed by atoms with Crippen LogP contribution in [0.25, 0.3) is 5.76 Å². The third-order valence-electron chi connectivity index (χ3n) is 6.31. The number of nitrogens with zero attached hydrogens (tertiary/aromatic N) is 1. The van der Waals surface area contributed by atoms with Crippen molar-refractivity contribution >= 4 is 17.4 Å². The highest BCUT2D eigenvalue weighted by Crippen LogP contribution is 2.40. The Balaban J connectivity index is 1.64. The molecule has 1 fully saturated rings. The largest absolute Gasteiger partial charge is 0.507 e. The number of rotatable bonds is 10. The Bertz CT molecular complexity index is 1300. The molecule has 1 saturated heterocycles. The molecule has 0 spiro atoms. The molecule has 192 valence electrons. The van der Waals surface area contributed by atoms with Crippen molar-refractivity contribution < 1.29 is 28.9 Å². The smallest absolute Gasteiger partial charge is 0.295 e. The minimum Gasteiger partial charge on any atom is -0.507 e. The Hall–Kier alpha value is -4.10. The molecular formula is C30H31NO6. The molecule has 0 radical (unpaired) electrons. The average molecular weight is 502 g/mol. The van der Waals surface area contributed by atoms with Crippen LogP contribution < -0.4 is 9.47 Å². The van der Waals surface area contributed by atoms with Crippen molar-refractivity contribution in [2.24, 2.45) is 0 Å². The molecular weight excluding hydrogens is 470 g/mol. The van der Waals surface area contributed by atoms with E-state index in [4.69, 9.17) is 14.2 Å². The molecule has 3 aromatic carbocycles. The maximum atomic E-state index is 13.2. The van der Waals surface area contributed by atoms with E-state index in [2.05, 4.69) is 6.07 Å². The van der Waals surface area contributed by atoms with Gasteiger partial charge in [0.2, 0.25) is 0 Å². The van der Waals surface area contributed by atoms with Gasteiger partial charge in [0.05, 0.1) is 18.7 Å². The van der Waals surface area contributed by atoms with E-state index in [1.165, 1.54) is 4.90 Å². The number of carbonyl (C=O) groups is 2. The standard InChI is InChI=1S/C30H31NO6/c1-20-7-4-8-21(17-20)19-37-24-13-11-22(12-14-24)28(32)26-27(23-9-5-10-25(18-23)36-3)31(15-6-16-35-2)30(34)29(26)33/h4-5,7-14,17-18,27,32H,6,15-16,19H2,1-3H3/t27-/m0/s1. The highest BCUT2D eigenvalue weighted by atomic mass is 16.5. The summed E-state index contributed by atoms with van der Waals surface area (Å²) in [6.07, 6.45) is 0.553. The molecule has 1 heterocycles. The van der Waals surface area contributed by atoms with Crippen molar-refractivity contribution in [3.05, 3.63) is 101 Å². The fraction of sp³-hybridized carbons (Fsp3) is 0.267. The molecule has 7 heteroatoms. The molecule has 0 bridgehead atoms. The number of aryl methyl sites for hydroxylation is 1. The van der Waals surface area contributed by atoms with Crippen molar-refractivity contribution in [1.82, 2.24) is 4.90 Å². The number of methoxy groups -OCH3 is 2. The van der Waals surface area contributed by atoms with Crippen LogP contribution in [-0.4, -0.2) is 49.1 Å². The summed E-state index contributed by atoms with van der Waals surface area (Å²) in [4.78, 5) is 27.7. The molecule has 0 unspecified atom stereocenters. The topological polar surface area (TPSA) is 85.3 Å². The lowest BCUT2D eigenvalue weighted by Gasteiger charge is -2.25. The van der Waals surface area contributed by atoms with E-state index in [0.717, 1.165) is 11.1 Å². The molecule has 37 heavy (non-hydrogen) atoms. The second kappa shape index (κ2) is 11.8. The fourth-order valence-electron chi connectivity index (χ4n) is 4.48. The van der Waals surface area contributed by atoms with Gasteiger partial charge >= 0.3 is 0 Å². The third kappa shape index (κ3) is 5.84. The van der Waals surface area contributed by atoms with Crippen LogP contribution in [0.4, 0.5) is 0 Å². The Morgan fingerprint density at radius 2 is 1.70 bits per heavy atom. The average Bonchev–Trinajstić information content (AvgIpc) is 3.17. The van der Waals surface area contributed by atoms with Gasteiger partial charge in [0.25, 0.3) is 11.7 Å². The highest BCUT2D eigenvalue weighted by molar-refractivity contribution is 6.46. The number of carbonyl (C=O) groups excluding carboxylic acids is 2. The minimum absolute atomic E-state index is 0.0455. The van der Waals surface area contributed by atoms with Gasteiger partial charge in [-0.2, -0.15) is 0 Å². The van der Waals surface area contributed by atoms with Crippen molar-refractivity contribution in [2.45, 2.75) is 26.0 Å². The van der Waals surface area contributed by atoms with E-state index in [9.17, 15) is 14.7 Å². The van der Waals surface area contributed by atoms with Crippen LogP contribution >= 0.6 is 0 Å². The van der Waals surface area contributed by atoms with Gasteiger partial charge in [0.1, 0.15) is 23.9 Å². The number of aliphatic hydroxyl groups is 1. The number of aliphatic hydroxyl groups excluding tert-OH is 1. The Morgan fingerprint density at radius 1 is 0.946 bits per heavy atom. The van der Waals surface area contributed by atoms with E-state index in [1.54, 1.807) is 56.7 Å². The quantitative estimate of drug-likeness (QED) is 0.181. The molecule has 1 atom stereocenters. The van der Waals surface area contributed by atoms with Crippen LogP contribution in [0.1, 0.15) is 34.7 Å². The predicted octanol–water partition coefficient (Wildman–Crippen LogP) is 5.04. The molecule has 4 rings (SSSR count). The van der Waals surface area contributed by atoms with Crippen molar-refractivity contribution in [2.75, 3.05) is 27.4 Å². The summed E-state index contributed by atoms with van der Waals surface area (Å²) in [7, 11) is 3.14. The number of hydrogen-bond acceptors (Lipinski definition) is 6. The first-order valence-corrected chi connectivity index (χ1v) is 12.1. The summed E-state index contributed by atoms with van der Waals surface area (Å²) >= 11 is 0. The van der Waals surface area contributed by atoms with Gasteiger partial charge in [-0.15, -0.1) is 0 Å². The van der Waals surface area contributed by atoms with Crippen LogP contribution in [0.2, 0.25) is 0 Å². The fourth-order valence-corrected chi connectivity index (χ4v) is 4.48. The Morgan fingerprint density at radius 3 is 2.41 bits per heavy atom. The minimum atomic E-state index is -0.746. The van der Waals surface area contributed by atoms with Gasteiger partial charge in [-0.1, -0.05) is 42.0 Å². The van der Waals surface area contributed by atoms with Crippen LogP contribution in [-0.2, 0) is 20.9 Å². The van der Waals surface area contributed by atoms with Crippen molar-refractivity contribution in [3.63, 3.8) is 0 Å². The van der Waals surface area contributed by atoms with E-state index < -0.39 is 17.7 Å². The number of likely N-dealkylation sites (tertiary alicyclic amines) is 1. The van der Waals surface area contributed by atoms with Gasteiger partial charge in [0.15, 0.2) is 0 Å². The van der Waals surface area contributed by atoms with E-state index >= 15 is 0 Å². The molecule has 1 aliphatic heterocycles. The summed E-state index contributed by atoms with van der Waals surface area (Å²) in [5, 5.41) is 11.3. The number of benzene rings is 3. The molecule has 0 aromatic heterocycles. The maximum Gasteiger partial charge on any atom is 0.295 e. The first-order chi connectivity index (χ1) is 17.9. The summed E-state index contributed by atoms with van der Waals surface area (Å²) in [6.45, 7) is 3.19. The van der Waals surface area contributed by atoms with Crippen molar-refractivity contribution in [3.8, 4) is 11.5 Å². The van der Waals surface area contributed by atoms with E-state index in [1.807, 2.05) is 31.2 Å². The lowest BCUT2D eigenvalue weighted by atomic mass is 9.95. The van der Waals surface area contributed by atoms with E-state index in [0.29, 0.717) is 48.8 Å². The number of ether oxygens (including phenoxy) is 3. The van der Waals surface area contributed by atoms with Gasteiger partial charge in [-0.3, -0.25) is 9.59 Å². The number of Topliss-reactive ketones (excluding diaryl/α,β-unsaturated/α-hetero) is 1. The zero-order valence-corrected chi connectivity index (χ0v) is 21.3. The Labute approximate surface area is 216 Å². The Kier molecular flexibility index (Phi) is 8.25.